The minimum Gasteiger partial charge on any atom is -0.496 e. The van der Waals surface area contributed by atoms with Crippen molar-refractivity contribution >= 4 is 23.0 Å². The van der Waals surface area contributed by atoms with E-state index in [0.29, 0.717) is 0 Å². The third-order valence-corrected chi connectivity index (χ3v) is 2.95. The zero-order chi connectivity index (χ0) is 17.0. The molecule has 0 unspecified atom stereocenters. The third kappa shape index (κ3) is 3.59. The fraction of sp³-hybridized carbons (Fsp3) is 0.0714. The van der Waals surface area contributed by atoms with E-state index in [-0.39, 0.29) is 28.4 Å². The molecule has 0 aromatic heterocycles. The normalized spacial score (nSPS) is 9.96. The van der Waals surface area contributed by atoms with E-state index in [4.69, 9.17) is 4.74 Å². The average Bonchev–Trinajstić information content (AvgIpc) is 2.54. The molecule has 118 valence electrons. The van der Waals surface area contributed by atoms with Crippen molar-refractivity contribution in [2.24, 2.45) is 0 Å². The molecule has 0 atom stereocenters. The van der Waals surface area contributed by atoms with Gasteiger partial charge in [-0.05, 0) is 12.1 Å². The van der Waals surface area contributed by atoms with Crippen LogP contribution in [0.15, 0.2) is 42.5 Å². The molecule has 9 nitrogen and oxygen atoms in total. The zero-order valence-electron chi connectivity index (χ0n) is 11.9. The van der Waals surface area contributed by atoms with Crippen LogP contribution in [0.1, 0.15) is 10.4 Å². The van der Waals surface area contributed by atoms with Gasteiger partial charge in [-0.25, -0.2) is 0 Å². The molecule has 1 N–H and O–H groups in total. The van der Waals surface area contributed by atoms with E-state index in [1.165, 1.54) is 43.5 Å². The summed E-state index contributed by atoms with van der Waals surface area (Å²) in [6.45, 7) is 0. The Kier molecular flexibility index (Phi) is 4.50. The average molecular weight is 317 g/mol. The van der Waals surface area contributed by atoms with Gasteiger partial charge in [-0.15, -0.1) is 0 Å². The second-order valence-corrected chi connectivity index (χ2v) is 4.40. The number of nitro groups is 2. The number of carbonyl (C=O) groups is 1. The number of hydrogen-bond donors (Lipinski definition) is 1. The summed E-state index contributed by atoms with van der Waals surface area (Å²) in [7, 11) is 1.32. The molecule has 0 spiro atoms. The van der Waals surface area contributed by atoms with E-state index < -0.39 is 15.8 Å². The first kappa shape index (κ1) is 15.9. The van der Waals surface area contributed by atoms with Crippen molar-refractivity contribution in [3.05, 3.63) is 68.3 Å². The number of rotatable bonds is 5. The molecule has 0 saturated heterocycles. The quantitative estimate of drug-likeness (QED) is 0.667. The van der Waals surface area contributed by atoms with Gasteiger partial charge >= 0.3 is 0 Å². The Labute approximate surface area is 129 Å². The van der Waals surface area contributed by atoms with E-state index in [9.17, 15) is 25.0 Å². The molecule has 1 amide bonds. The van der Waals surface area contributed by atoms with Crippen LogP contribution in [-0.4, -0.2) is 22.9 Å². The molecule has 23 heavy (non-hydrogen) atoms. The topological polar surface area (TPSA) is 125 Å². The number of methoxy groups -OCH3 is 1. The Hall–Kier alpha value is -3.49. The molecule has 0 aliphatic heterocycles. The number of hydrogen-bond acceptors (Lipinski definition) is 6. The lowest BCUT2D eigenvalue weighted by molar-refractivity contribution is -0.385. The molecule has 0 radical (unpaired) electrons. The van der Waals surface area contributed by atoms with Crippen LogP contribution in [0.2, 0.25) is 0 Å². The second-order valence-electron chi connectivity index (χ2n) is 4.40. The van der Waals surface area contributed by atoms with Crippen molar-refractivity contribution < 1.29 is 19.4 Å². The maximum absolute atomic E-state index is 12.3. The Balaban J connectivity index is 2.33. The summed E-state index contributed by atoms with van der Waals surface area (Å²) in [6, 6.07) is 8.94. The van der Waals surface area contributed by atoms with Gasteiger partial charge in [0.25, 0.3) is 17.3 Å². The van der Waals surface area contributed by atoms with Gasteiger partial charge in [-0.1, -0.05) is 6.07 Å². The maximum atomic E-state index is 12.3. The standard InChI is InChI=1S/C14H11N3O6/c1-23-13-6-5-11(17(21)22)8-12(13)14(18)15-9-3-2-4-10(7-9)16(19)20/h2-8H,1H3,(H,15,18). The number of carbonyl (C=O) groups excluding carboxylic acids is 1. The summed E-state index contributed by atoms with van der Waals surface area (Å²) in [4.78, 5) is 32.6. The van der Waals surface area contributed by atoms with E-state index >= 15 is 0 Å². The number of anilines is 1. The van der Waals surface area contributed by atoms with Crippen LogP contribution < -0.4 is 10.1 Å². The molecule has 0 aliphatic rings. The molecule has 2 rings (SSSR count). The highest BCUT2D eigenvalue weighted by molar-refractivity contribution is 6.06. The first-order valence-electron chi connectivity index (χ1n) is 6.30. The second kappa shape index (κ2) is 6.52. The summed E-state index contributed by atoms with van der Waals surface area (Å²) >= 11 is 0. The molecule has 0 bridgehead atoms. The molecular weight excluding hydrogens is 306 g/mol. The van der Waals surface area contributed by atoms with Crippen molar-refractivity contribution in [1.82, 2.24) is 0 Å². The number of nitrogens with zero attached hydrogens (tertiary/aromatic N) is 2. The maximum Gasteiger partial charge on any atom is 0.271 e. The molecule has 0 fully saturated rings. The number of ether oxygens (including phenoxy) is 1. The molecule has 2 aromatic carbocycles. The molecular formula is C14H11N3O6. The van der Waals surface area contributed by atoms with Crippen LogP contribution in [0.5, 0.6) is 5.75 Å². The van der Waals surface area contributed by atoms with Gasteiger partial charge in [0.15, 0.2) is 0 Å². The van der Waals surface area contributed by atoms with Crippen LogP contribution in [0.4, 0.5) is 17.1 Å². The molecule has 9 heteroatoms. The lowest BCUT2D eigenvalue weighted by atomic mass is 10.1. The molecule has 0 saturated carbocycles. The predicted octanol–water partition coefficient (Wildman–Crippen LogP) is 2.76. The van der Waals surface area contributed by atoms with Crippen LogP contribution in [0.25, 0.3) is 0 Å². The third-order valence-electron chi connectivity index (χ3n) is 2.95. The SMILES string of the molecule is COc1ccc([N+](=O)[O-])cc1C(=O)Nc1cccc([N+](=O)[O-])c1. The van der Waals surface area contributed by atoms with Gasteiger partial charge in [0.05, 0.1) is 22.5 Å². The first-order valence-corrected chi connectivity index (χ1v) is 6.30. The number of non-ortho nitro benzene ring substituents is 2. The van der Waals surface area contributed by atoms with E-state index in [1.807, 2.05) is 0 Å². The Morgan fingerprint density at radius 2 is 1.70 bits per heavy atom. The van der Waals surface area contributed by atoms with Gasteiger partial charge in [-0.2, -0.15) is 0 Å². The number of benzene rings is 2. The van der Waals surface area contributed by atoms with Crippen LogP contribution in [0, 0.1) is 20.2 Å². The fourth-order valence-electron chi connectivity index (χ4n) is 1.88. The summed E-state index contributed by atoms with van der Waals surface area (Å²) in [6.07, 6.45) is 0. The molecule has 0 heterocycles. The van der Waals surface area contributed by atoms with Crippen LogP contribution in [-0.2, 0) is 0 Å². The smallest absolute Gasteiger partial charge is 0.271 e. The van der Waals surface area contributed by atoms with Crippen LogP contribution >= 0.6 is 0 Å². The largest absolute Gasteiger partial charge is 0.496 e. The summed E-state index contributed by atoms with van der Waals surface area (Å²) in [5.74, 6) is -0.524. The lowest BCUT2D eigenvalue weighted by Crippen LogP contribution is -2.13. The van der Waals surface area contributed by atoms with Crippen LogP contribution in [0.3, 0.4) is 0 Å². The van der Waals surface area contributed by atoms with Crippen molar-refractivity contribution in [2.45, 2.75) is 0 Å². The summed E-state index contributed by atoms with van der Waals surface area (Å²) in [5, 5.41) is 24.0. The van der Waals surface area contributed by atoms with Crippen molar-refractivity contribution in [2.75, 3.05) is 12.4 Å². The number of nitrogens with one attached hydrogen (secondary N) is 1. The first-order chi connectivity index (χ1) is 10.9. The monoisotopic (exact) mass is 317 g/mol. The summed E-state index contributed by atoms with van der Waals surface area (Å²) < 4.78 is 5.01. The molecule has 2 aromatic rings. The highest BCUT2D eigenvalue weighted by Gasteiger charge is 2.18. The van der Waals surface area contributed by atoms with Crippen molar-refractivity contribution in [1.29, 1.82) is 0 Å². The lowest BCUT2D eigenvalue weighted by Gasteiger charge is -2.09. The molecule has 0 aliphatic carbocycles. The zero-order valence-corrected chi connectivity index (χ0v) is 11.9. The Morgan fingerprint density at radius 1 is 1.04 bits per heavy atom. The van der Waals surface area contributed by atoms with Gasteiger partial charge in [-0.3, -0.25) is 25.0 Å². The Bertz CT molecular complexity index is 790. The Morgan fingerprint density at radius 3 is 2.30 bits per heavy atom. The fourth-order valence-corrected chi connectivity index (χ4v) is 1.88. The van der Waals surface area contributed by atoms with Gasteiger partial charge in [0, 0.05) is 30.0 Å². The number of amides is 1. The predicted molar refractivity (Wildman–Crippen MR) is 80.7 cm³/mol. The van der Waals surface area contributed by atoms with Crippen molar-refractivity contribution in [3.63, 3.8) is 0 Å². The minimum atomic E-state index is -0.675. The van der Waals surface area contributed by atoms with E-state index in [1.54, 1.807) is 0 Å². The highest BCUT2D eigenvalue weighted by Crippen LogP contribution is 2.25. The van der Waals surface area contributed by atoms with Gasteiger partial charge in [0.2, 0.25) is 0 Å². The van der Waals surface area contributed by atoms with Gasteiger partial charge < -0.3 is 10.1 Å². The summed E-state index contributed by atoms with van der Waals surface area (Å²) in [5.41, 5.74) is -0.310. The van der Waals surface area contributed by atoms with Crippen molar-refractivity contribution in [3.8, 4) is 5.75 Å². The van der Waals surface area contributed by atoms with E-state index in [0.717, 1.165) is 6.07 Å². The van der Waals surface area contributed by atoms with E-state index in [2.05, 4.69) is 5.32 Å². The number of nitro benzene ring substituents is 2. The minimum absolute atomic E-state index is 0.0480. The van der Waals surface area contributed by atoms with Gasteiger partial charge in [0.1, 0.15) is 5.75 Å². The highest BCUT2D eigenvalue weighted by atomic mass is 16.6.